The minimum absolute atomic E-state index is 0.000154. The van der Waals surface area contributed by atoms with E-state index in [1.54, 1.807) is 29.2 Å². The van der Waals surface area contributed by atoms with E-state index in [0.717, 1.165) is 12.2 Å². The van der Waals surface area contributed by atoms with E-state index in [1.807, 2.05) is 0 Å². The molecule has 0 radical (unpaired) electrons. The third-order valence-corrected chi connectivity index (χ3v) is 5.52. The molecule has 1 aliphatic rings. The Morgan fingerprint density at radius 1 is 1.19 bits per heavy atom. The van der Waals surface area contributed by atoms with Gasteiger partial charge in [-0.2, -0.15) is 0 Å². The normalized spacial score (nSPS) is 16.0. The monoisotopic (exact) mass is 407 g/mol. The SMILES string of the molecule is CC(=O)c1ccc(N=C2SCCCN2C(=O)c2cnc(Cl)c(Cl)c2)cc1. The molecule has 26 heavy (non-hydrogen) atoms. The molecule has 1 aromatic heterocycles. The molecule has 2 heterocycles. The number of nitrogens with zero attached hydrogens (tertiary/aromatic N) is 3. The summed E-state index contributed by atoms with van der Waals surface area (Å²) in [4.78, 5) is 34.4. The Labute approximate surface area is 165 Å². The number of halogens is 2. The summed E-state index contributed by atoms with van der Waals surface area (Å²) in [7, 11) is 0. The Morgan fingerprint density at radius 3 is 2.58 bits per heavy atom. The average molecular weight is 408 g/mol. The minimum atomic E-state index is -0.220. The number of hydrogen-bond acceptors (Lipinski definition) is 5. The van der Waals surface area contributed by atoms with Crippen LogP contribution in [0, 0.1) is 0 Å². The number of thioether (sulfide) groups is 1. The molecule has 0 aliphatic carbocycles. The second-order valence-corrected chi connectivity index (χ2v) is 7.48. The van der Waals surface area contributed by atoms with Crippen molar-refractivity contribution >= 4 is 57.5 Å². The predicted molar refractivity (Wildman–Crippen MR) is 106 cm³/mol. The van der Waals surface area contributed by atoms with Crippen molar-refractivity contribution in [2.75, 3.05) is 12.3 Å². The summed E-state index contributed by atoms with van der Waals surface area (Å²) in [6, 6.07) is 8.50. The van der Waals surface area contributed by atoms with Gasteiger partial charge in [0.25, 0.3) is 5.91 Å². The molecular weight excluding hydrogens is 393 g/mol. The van der Waals surface area contributed by atoms with Gasteiger partial charge in [-0.1, -0.05) is 35.0 Å². The van der Waals surface area contributed by atoms with Gasteiger partial charge in [0.1, 0.15) is 5.15 Å². The molecule has 134 valence electrons. The van der Waals surface area contributed by atoms with Crippen molar-refractivity contribution in [2.45, 2.75) is 13.3 Å². The first-order valence-electron chi connectivity index (χ1n) is 7.91. The molecule has 1 saturated heterocycles. The van der Waals surface area contributed by atoms with Gasteiger partial charge in [-0.05, 0) is 43.7 Å². The Kier molecular flexibility index (Phi) is 5.96. The third-order valence-electron chi connectivity index (χ3n) is 3.78. The van der Waals surface area contributed by atoms with E-state index in [1.165, 1.54) is 30.9 Å². The summed E-state index contributed by atoms with van der Waals surface area (Å²) in [5, 5.41) is 1.01. The molecule has 1 aliphatic heterocycles. The lowest BCUT2D eigenvalue weighted by Gasteiger charge is -2.27. The van der Waals surface area contributed by atoms with Crippen LogP contribution in [0.3, 0.4) is 0 Å². The lowest BCUT2D eigenvalue weighted by molar-refractivity contribution is 0.0848. The highest BCUT2D eigenvalue weighted by molar-refractivity contribution is 8.13. The van der Waals surface area contributed by atoms with E-state index in [9.17, 15) is 9.59 Å². The number of aliphatic imine (C=N–C) groups is 1. The van der Waals surface area contributed by atoms with Crippen molar-refractivity contribution < 1.29 is 9.59 Å². The molecule has 1 fully saturated rings. The summed E-state index contributed by atoms with van der Waals surface area (Å²) in [5.74, 6) is 0.663. The van der Waals surface area contributed by atoms with Crippen LogP contribution in [0.15, 0.2) is 41.5 Å². The van der Waals surface area contributed by atoms with E-state index >= 15 is 0 Å². The number of hydrogen-bond donors (Lipinski definition) is 0. The predicted octanol–water partition coefficient (Wildman–Crippen LogP) is 4.86. The van der Waals surface area contributed by atoms with Crippen molar-refractivity contribution in [3.63, 3.8) is 0 Å². The Bertz CT molecular complexity index is 885. The molecule has 0 spiro atoms. The molecular formula is C18H15Cl2N3O2S. The summed E-state index contributed by atoms with van der Waals surface area (Å²) in [6.07, 6.45) is 2.28. The van der Waals surface area contributed by atoms with Crippen molar-refractivity contribution in [2.24, 2.45) is 4.99 Å². The molecule has 0 atom stereocenters. The van der Waals surface area contributed by atoms with Crippen LogP contribution in [0.5, 0.6) is 0 Å². The number of amides is 1. The van der Waals surface area contributed by atoms with E-state index < -0.39 is 0 Å². The molecule has 0 bridgehead atoms. The van der Waals surface area contributed by atoms with Crippen LogP contribution in [-0.4, -0.2) is 39.0 Å². The maximum atomic E-state index is 12.9. The van der Waals surface area contributed by atoms with Crippen molar-refractivity contribution in [1.29, 1.82) is 0 Å². The van der Waals surface area contributed by atoms with Crippen LogP contribution in [-0.2, 0) is 0 Å². The minimum Gasteiger partial charge on any atom is -0.295 e. The largest absolute Gasteiger partial charge is 0.295 e. The zero-order valence-electron chi connectivity index (χ0n) is 13.9. The molecule has 8 heteroatoms. The van der Waals surface area contributed by atoms with Gasteiger partial charge in [0, 0.05) is 24.1 Å². The molecule has 0 N–H and O–H groups in total. The third kappa shape index (κ3) is 4.26. The first-order valence-corrected chi connectivity index (χ1v) is 9.65. The standard InChI is InChI=1S/C18H15Cl2N3O2S/c1-11(24)12-3-5-14(6-4-12)22-18-23(7-2-8-26-18)17(25)13-9-15(19)16(20)21-10-13/h3-6,9-10H,2,7-8H2,1H3. The summed E-state index contributed by atoms with van der Waals surface area (Å²) >= 11 is 13.3. The summed E-state index contributed by atoms with van der Waals surface area (Å²) in [5.41, 5.74) is 1.67. The first kappa shape index (κ1) is 18.9. The maximum absolute atomic E-state index is 12.9. The van der Waals surface area contributed by atoms with Crippen LogP contribution >= 0.6 is 35.0 Å². The van der Waals surface area contributed by atoms with Gasteiger partial charge in [-0.25, -0.2) is 9.98 Å². The van der Waals surface area contributed by atoms with Crippen LogP contribution in [0.25, 0.3) is 0 Å². The Hall–Kier alpha value is -1.89. The van der Waals surface area contributed by atoms with Crippen molar-refractivity contribution in [3.8, 4) is 0 Å². The number of Topliss-reactive ketones (excluding diaryl/α,β-unsaturated/α-hetero) is 1. The highest BCUT2D eigenvalue weighted by atomic mass is 35.5. The highest BCUT2D eigenvalue weighted by Crippen LogP contribution is 2.26. The molecule has 2 aromatic rings. The highest BCUT2D eigenvalue weighted by Gasteiger charge is 2.25. The lowest BCUT2D eigenvalue weighted by atomic mass is 10.1. The van der Waals surface area contributed by atoms with Crippen LogP contribution in [0.1, 0.15) is 34.1 Å². The van der Waals surface area contributed by atoms with E-state index in [2.05, 4.69) is 9.98 Å². The number of carbonyl (C=O) groups excluding carboxylic acids is 2. The fraction of sp³-hybridized carbons (Fsp3) is 0.222. The summed E-state index contributed by atoms with van der Waals surface area (Å²) < 4.78 is 0. The van der Waals surface area contributed by atoms with Gasteiger partial charge in [0.2, 0.25) is 0 Å². The van der Waals surface area contributed by atoms with Gasteiger partial charge in [-0.15, -0.1) is 0 Å². The van der Waals surface area contributed by atoms with E-state index in [4.69, 9.17) is 23.2 Å². The maximum Gasteiger partial charge on any atom is 0.261 e. The molecule has 3 rings (SSSR count). The average Bonchev–Trinajstić information content (AvgIpc) is 2.64. The van der Waals surface area contributed by atoms with Gasteiger partial charge in [0.15, 0.2) is 11.0 Å². The quantitative estimate of drug-likeness (QED) is 0.538. The number of aromatic nitrogens is 1. The van der Waals surface area contributed by atoms with E-state index in [-0.39, 0.29) is 21.9 Å². The zero-order chi connectivity index (χ0) is 18.7. The molecule has 0 unspecified atom stereocenters. The van der Waals surface area contributed by atoms with Gasteiger partial charge in [-0.3, -0.25) is 14.5 Å². The number of rotatable bonds is 3. The lowest BCUT2D eigenvalue weighted by Crippen LogP contribution is -2.39. The smallest absolute Gasteiger partial charge is 0.261 e. The number of amidine groups is 1. The second-order valence-electron chi connectivity index (χ2n) is 5.65. The van der Waals surface area contributed by atoms with Gasteiger partial charge >= 0.3 is 0 Å². The van der Waals surface area contributed by atoms with Crippen LogP contribution < -0.4 is 0 Å². The molecule has 1 amide bonds. The fourth-order valence-corrected chi connectivity index (χ4v) is 3.64. The van der Waals surface area contributed by atoms with E-state index in [0.29, 0.717) is 28.5 Å². The number of ketones is 1. The molecule has 5 nitrogen and oxygen atoms in total. The topological polar surface area (TPSA) is 62.6 Å². The van der Waals surface area contributed by atoms with Crippen molar-refractivity contribution in [3.05, 3.63) is 57.8 Å². The second kappa shape index (κ2) is 8.20. The molecule has 0 saturated carbocycles. The van der Waals surface area contributed by atoms with Gasteiger partial charge < -0.3 is 0 Å². The first-order chi connectivity index (χ1) is 12.5. The zero-order valence-corrected chi connectivity index (χ0v) is 16.2. The number of benzene rings is 1. The Morgan fingerprint density at radius 2 is 1.92 bits per heavy atom. The van der Waals surface area contributed by atoms with Gasteiger partial charge in [0.05, 0.1) is 16.3 Å². The number of pyridine rings is 1. The number of carbonyl (C=O) groups is 2. The van der Waals surface area contributed by atoms with Crippen LogP contribution in [0.2, 0.25) is 10.2 Å². The molecule has 1 aromatic carbocycles. The fourth-order valence-electron chi connectivity index (χ4n) is 2.42. The Balaban J connectivity index is 1.88. The van der Waals surface area contributed by atoms with Crippen molar-refractivity contribution in [1.82, 2.24) is 9.88 Å². The summed E-state index contributed by atoms with van der Waals surface area (Å²) in [6.45, 7) is 2.08. The van der Waals surface area contributed by atoms with Crippen LogP contribution in [0.4, 0.5) is 5.69 Å².